The van der Waals surface area contributed by atoms with Crippen molar-refractivity contribution in [2.45, 2.75) is 18.1 Å². The van der Waals surface area contributed by atoms with E-state index in [1.54, 1.807) is 30.0 Å². The summed E-state index contributed by atoms with van der Waals surface area (Å²) in [6.45, 7) is 0.596. The Morgan fingerprint density at radius 2 is 2.09 bits per heavy atom. The lowest BCUT2D eigenvalue weighted by atomic mass is 10.2. The van der Waals surface area contributed by atoms with Crippen molar-refractivity contribution in [1.29, 1.82) is 5.26 Å². The van der Waals surface area contributed by atoms with Gasteiger partial charge in [0.25, 0.3) is 5.56 Å². The van der Waals surface area contributed by atoms with Gasteiger partial charge >= 0.3 is 0 Å². The Labute approximate surface area is 192 Å². The van der Waals surface area contributed by atoms with Crippen LogP contribution in [0.3, 0.4) is 0 Å². The highest BCUT2D eigenvalue weighted by Crippen LogP contribution is 2.32. The SMILES string of the molecule is CN(CCC#N)C(=O)CSc1nc2sc(-c3ccccc3)cc2c(=O)n1Cc1ccco1. The number of amides is 1. The number of thiophene rings is 1. The molecule has 4 rings (SSSR count). The Hall–Kier alpha value is -3.35. The molecule has 32 heavy (non-hydrogen) atoms. The number of hydrogen-bond acceptors (Lipinski definition) is 7. The summed E-state index contributed by atoms with van der Waals surface area (Å²) in [5.41, 5.74) is 0.855. The number of nitrogens with zero attached hydrogens (tertiary/aromatic N) is 4. The molecular weight excluding hydrogens is 444 g/mol. The summed E-state index contributed by atoms with van der Waals surface area (Å²) < 4.78 is 6.99. The third-order valence-corrected chi connectivity index (χ3v) is 6.92. The second kappa shape index (κ2) is 9.85. The summed E-state index contributed by atoms with van der Waals surface area (Å²) in [4.78, 5) is 33.7. The highest BCUT2D eigenvalue weighted by Gasteiger charge is 2.18. The van der Waals surface area contributed by atoms with Gasteiger partial charge in [0, 0.05) is 18.5 Å². The molecule has 0 atom stereocenters. The number of carbonyl (C=O) groups excluding carboxylic acids is 1. The van der Waals surface area contributed by atoms with Gasteiger partial charge in [0.2, 0.25) is 5.91 Å². The lowest BCUT2D eigenvalue weighted by molar-refractivity contribution is -0.127. The summed E-state index contributed by atoms with van der Waals surface area (Å²) in [6.07, 6.45) is 1.84. The predicted molar refractivity (Wildman–Crippen MR) is 126 cm³/mol. The maximum atomic E-state index is 13.4. The van der Waals surface area contributed by atoms with E-state index in [4.69, 9.17) is 14.7 Å². The molecule has 0 saturated heterocycles. The van der Waals surface area contributed by atoms with Crippen molar-refractivity contribution in [1.82, 2.24) is 14.5 Å². The molecule has 162 valence electrons. The number of benzene rings is 1. The van der Waals surface area contributed by atoms with Gasteiger partial charge in [-0.3, -0.25) is 14.2 Å². The van der Waals surface area contributed by atoms with Gasteiger partial charge in [-0.15, -0.1) is 11.3 Å². The molecule has 3 aromatic heterocycles. The van der Waals surface area contributed by atoms with Gasteiger partial charge in [-0.2, -0.15) is 5.26 Å². The van der Waals surface area contributed by atoms with E-state index in [2.05, 4.69) is 0 Å². The Morgan fingerprint density at radius 3 is 2.81 bits per heavy atom. The molecule has 9 heteroatoms. The van der Waals surface area contributed by atoms with Crippen LogP contribution in [0, 0.1) is 11.3 Å². The average molecular weight is 465 g/mol. The van der Waals surface area contributed by atoms with Crippen molar-refractivity contribution in [2.24, 2.45) is 0 Å². The zero-order valence-corrected chi connectivity index (χ0v) is 19.0. The molecule has 4 aromatic rings. The third-order valence-electron chi connectivity index (χ3n) is 4.88. The highest BCUT2D eigenvalue weighted by atomic mass is 32.2. The standard InChI is InChI=1S/C23H20N4O3S2/c1-26(11-6-10-24)20(28)15-31-23-25-21-18(13-19(32-21)16-7-3-2-4-8-16)22(29)27(23)14-17-9-5-12-30-17/h2-5,7-9,12-13H,6,11,14-15H2,1H3. The number of carbonyl (C=O) groups is 1. The van der Waals surface area contributed by atoms with E-state index in [0.29, 0.717) is 27.7 Å². The first-order valence-electron chi connectivity index (χ1n) is 9.92. The predicted octanol–water partition coefficient (Wildman–Crippen LogP) is 4.23. The third kappa shape index (κ3) is 4.77. The number of rotatable bonds is 8. The van der Waals surface area contributed by atoms with Crippen LogP contribution >= 0.6 is 23.1 Å². The van der Waals surface area contributed by atoms with E-state index in [-0.39, 0.29) is 30.2 Å². The Morgan fingerprint density at radius 1 is 1.28 bits per heavy atom. The van der Waals surface area contributed by atoms with Gasteiger partial charge < -0.3 is 9.32 Å². The maximum absolute atomic E-state index is 13.4. The van der Waals surface area contributed by atoms with E-state index >= 15 is 0 Å². The van der Waals surface area contributed by atoms with Crippen LogP contribution in [-0.2, 0) is 11.3 Å². The van der Waals surface area contributed by atoms with Gasteiger partial charge in [0.05, 0.1) is 36.4 Å². The molecule has 0 unspecified atom stereocenters. The molecule has 1 amide bonds. The van der Waals surface area contributed by atoms with E-state index in [0.717, 1.165) is 10.4 Å². The molecule has 0 aliphatic rings. The summed E-state index contributed by atoms with van der Waals surface area (Å²) in [5, 5.41) is 9.73. The summed E-state index contributed by atoms with van der Waals surface area (Å²) in [7, 11) is 1.66. The first-order valence-corrected chi connectivity index (χ1v) is 11.7. The minimum atomic E-state index is -0.169. The second-order valence-electron chi connectivity index (χ2n) is 7.07. The van der Waals surface area contributed by atoms with Gasteiger partial charge in [-0.1, -0.05) is 42.1 Å². The van der Waals surface area contributed by atoms with E-state index in [9.17, 15) is 9.59 Å². The van der Waals surface area contributed by atoms with Crippen LogP contribution < -0.4 is 5.56 Å². The molecular formula is C23H20N4O3S2. The lowest BCUT2D eigenvalue weighted by Gasteiger charge is -2.16. The quantitative estimate of drug-likeness (QED) is 0.286. The molecule has 0 spiro atoms. The van der Waals surface area contributed by atoms with Crippen LogP contribution in [0.5, 0.6) is 0 Å². The first-order chi connectivity index (χ1) is 15.6. The maximum Gasteiger partial charge on any atom is 0.263 e. The molecule has 0 fully saturated rings. The van der Waals surface area contributed by atoms with Gasteiger partial charge in [0.15, 0.2) is 5.16 Å². The average Bonchev–Trinajstić information content (AvgIpc) is 3.48. The summed E-state index contributed by atoms with van der Waals surface area (Å²) >= 11 is 2.67. The largest absolute Gasteiger partial charge is 0.467 e. The summed E-state index contributed by atoms with van der Waals surface area (Å²) in [5.74, 6) is 0.626. The van der Waals surface area contributed by atoms with Crippen molar-refractivity contribution in [3.8, 4) is 16.5 Å². The Bertz CT molecular complexity index is 1320. The number of aromatic nitrogens is 2. The van der Waals surface area contributed by atoms with Crippen LogP contribution in [0.15, 0.2) is 69.2 Å². The molecule has 0 aliphatic heterocycles. The molecule has 0 N–H and O–H groups in total. The van der Waals surface area contributed by atoms with Crippen LogP contribution in [-0.4, -0.2) is 39.7 Å². The molecule has 0 radical (unpaired) electrons. The number of fused-ring (bicyclic) bond motifs is 1. The van der Waals surface area contributed by atoms with Crippen molar-refractivity contribution in [3.63, 3.8) is 0 Å². The molecule has 3 heterocycles. The van der Waals surface area contributed by atoms with Gasteiger partial charge in [-0.05, 0) is 23.8 Å². The van der Waals surface area contributed by atoms with E-state index in [1.165, 1.54) is 28.0 Å². The van der Waals surface area contributed by atoms with Crippen molar-refractivity contribution < 1.29 is 9.21 Å². The fourth-order valence-corrected chi connectivity index (χ4v) is 5.15. The van der Waals surface area contributed by atoms with Crippen LogP contribution in [0.1, 0.15) is 12.2 Å². The van der Waals surface area contributed by atoms with Gasteiger partial charge in [-0.25, -0.2) is 4.98 Å². The zero-order valence-electron chi connectivity index (χ0n) is 17.4. The zero-order chi connectivity index (χ0) is 22.5. The van der Waals surface area contributed by atoms with E-state index < -0.39 is 0 Å². The number of furan rings is 1. The minimum Gasteiger partial charge on any atom is -0.467 e. The first kappa shape index (κ1) is 21.9. The van der Waals surface area contributed by atoms with Crippen LogP contribution in [0.25, 0.3) is 20.7 Å². The molecule has 0 saturated carbocycles. The van der Waals surface area contributed by atoms with E-state index in [1.807, 2.05) is 42.5 Å². The fraction of sp³-hybridized carbons (Fsp3) is 0.217. The molecule has 7 nitrogen and oxygen atoms in total. The molecule has 0 aliphatic carbocycles. The van der Waals surface area contributed by atoms with Crippen molar-refractivity contribution >= 4 is 39.2 Å². The topological polar surface area (TPSA) is 92.1 Å². The monoisotopic (exact) mass is 464 g/mol. The normalized spacial score (nSPS) is 10.9. The molecule has 0 bridgehead atoms. The van der Waals surface area contributed by atoms with Crippen molar-refractivity contribution in [2.75, 3.05) is 19.3 Å². The van der Waals surface area contributed by atoms with Crippen LogP contribution in [0.4, 0.5) is 0 Å². The Kier molecular flexibility index (Phi) is 6.73. The second-order valence-corrected chi connectivity index (χ2v) is 9.05. The highest BCUT2D eigenvalue weighted by molar-refractivity contribution is 7.99. The van der Waals surface area contributed by atoms with Crippen molar-refractivity contribution in [3.05, 3.63) is 70.9 Å². The number of hydrogen-bond donors (Lipinski definition) is 0. The lowest BCUT2D eigenvalue weighted by Crippen LogP contribution is -2.30. The summed E-state index contributed by atoms with van der Waals surface area (Å²) in [6, 6.07) is 17.3. The number of nitriles is 1. The fourth-order valence-electron chi connectivity index (χ4n) is 3.13. The number of thioether (sulfide) groups is 1. The minimum absolute atomic E-state index is 0.120. The van der Waals surface area contributed by atoms with Crippen LogP contribution in [0.2, 0.25) is 0 Å². The molecule has 1 aromatic carbocycles. The van der Waals surface area contributed by atoms with Gasteiger partial charge in [0.1, 0.15) is 10.6 Å². The smallest absolute Gasteiger partial charge is 0.263 e. The Balaban J connectivity index is 1.70.